The third kappa shape index (κ3) is 4.67. The SMILES string of the molecule is COCCN(SC)C(C)(C)C. The molecule has 3 heteroatoms. The van der Waals surface area contributed by atoms with E-state index in [0.717, 1.165) is 13.2 Å². The van der Waals surface area contributed by atoms with E-state index in [1.165, 1.54) is 0 Å². The van der Waals surface area contributed by atoms with Crippen LogP contribution in [0.15, 0.2) is 0 Å². The van der Waals surface area contributed by atoms with Crippen LogP contribution in [0.3, 0.4) is 0 Å². The molecule has 0 aliphatic carbocycles. The van der Waals surface area contributed by atoms with E-state index in [1.54, 1.807) is 19.1 Å². The Bertz CT molecular complexity index is 101. The molecule has 0 aromatic carbocycles. The number of hydrogen-bond acceptors (Lipinski definition) is 3. The van der Waals surface area contributed by atoms with Gasteiger partial charge in [0.05, 0.1) is 6.61 Å². The molecule has 0 unspecified atom stereocenters. The minimum Gasteiger partial charge on any atom is -0.383 e. The van der Waals surface area contributed by atoms with Crippen molar-refractivity contribution in [3.8, 4) is 0 Å². The van der Waals surface area contributed by atoms with Gasteiger partial charge in [-0.05, 0) is 27.0 Å². The van der Waals surface area contributed by atoms with E-state index in [9.17, 15) is 0 Å². The molecule has 0 aromatic heterocycles. The van der Waals surface area contributed by atoms with Crippen LogP contribution < -0.4 is 0 Å². The summed E-state index contributed by atoms with van der Waals surface area (Å²) in [4.78, 5) is 0. The first-order valence-electron chi connectivity index (χ1n) is 3.83. The molecule has 0 heterocycles. The predicted molar refractivity (Wildman–Crippen MR) is 51.9 cm³/mol. The second-order valence-corrected chi connectivity index (χ2v) is 4.25. The van der Waals surface area contributed by atoms with E-state index in [1.807, 2.05) is 0 Å². The van der Waals surface area contributed by atoms with Gasteiger partial charge in [-0.2, -0.15) is 0 Å². The monoisotopic (exact) mass is 177 g/mol. The lowest BCUT2D eigenvalue weighted by atomic mass is 10.1. The topological polar surface area (TPSA) is 12.5 Å². The third-order valence-corrected chi connectivity index (χ3v) is 2.64. The van der Waals surface area contributed by atoms with Gasteiger partial charge in [0.25, 0.3) is 0 Å². The maximum absolute atomic E-state index is 5.01. The molecule has 0 rings (SSSR count). The van der Waals surface area contributed by atoms with Crippen molar-refractivity contribution in [2.75, 3.05) is 26.5 Å². The second kappa shape index (κ2) is 5.01. The van der Waals surface area contributed by atoms with Crippen LogP contribution in [0.1, 0.15) is 20.8 Å². The van der Waals surface area contributed by atoms with Crippen molar-refractivity contribution >= 4 is 11.9 Å². The molecule has 2 nitrogen and oxygen atoms in total. The Hall–Kier alpha value is 0.270. The Balaban J connectivity index is 3.76. The van der Waals surface area contributed by atoms with Crippen LogP contribution in [-0.4, -0.2) is 36.4 Å². The van der Waals surface area contributed by atoms with E-state index in [0.29, 0.717) is 0 Å². The molecular formula is C8H19NOS. The van der Waals surface area contributed by atoms with Crippen molar-refractivity contribution in [3.63, 3.8) is 0 Å². The molecule has 11 heavy (non-hydrogen) atoms. The average Bonchev–Trinajstić information content (AvgIpc) is 1.87. The van der Waals surface area contributed by atoms with Crippen molar-refractivity contribution < 1.29 is 4.74 Å². The quantitative estimate of drug-likeness (QED) is 0.610. The number of rotatable bonds is 4. The molecule has 0 saturated heterocycles. The average molecular weight is 177 g/mol. The van der Waals surface area contributed by atoms with Crippen molar-refractivity contribution in [1.82, 2.24) is 4.31 Å². The lowest BCUT2D eigenvalue weighted by Gasteiger charge is -2.32. The minimum absolute atomic E-state index is 0.234. The fraction of sp³-hybridized carbons (Fsp3) is 1.00. The van der Waals surface area contributed by atoms with Crippen LogP contribution in [0.5, 0.6) is 0 Å². The predicted octanol–water partition coefficient (Wildman–Crippen LogP) is 2.01. The zero-order chi connectivity index (χ0) is 8.91. The Labute approximate surface area is 74.4 Å². The first-order chi connectivity index (χ1) is 5.02. The molecule has 0 aliphatic heterocycles. The smallest absolute Gasteiger partial charge is 0.0599 e. The Morgan fingerprint density at radius 2 is 1.91 bits per heavy atom. The lowest BCUT2D eigenvalue weighted by Crippen LogP contribution is -2.37. The molecule has 0 atom stereocenters. The van der Waals surface area contributed by atoms with Crippen molar-refractivity contribution in [1.29, 1.82) is 0 Å². The number of nitrogens with zero attached hydrogens (tertiary/aromatic N) is 1. The Kier molecular flexibility index (Phi) is 5.13. The van der Waals surface area contributed by atoms with Crippen molar-refractivity contribution in [2.45, 2.75) is 26.3 Å². The van der Waals surface area contributed by atoms with E-state index < -0.39 is 0 Å². The lowest BCUT2D eigenvalue weighted by molar-refractivity contribution is 0.155. The van der Waals surface area contributed by atoms with Gasteiger partial charge in [0.1, 0.15) is 0 Å². The molecule has 0 bridgehead atoms. The summed E-state index contributed by atoms with van der Waals surface area (Å²) in [6, 6.07) is 0. The fourth-order valence-electron chi connectivity index (χ4n) is 0.875. The van der Waals surface area contributed by atoms with E-state index in [-0.39, 0.29) is 5.54 Å². The van der Waals surface area contributed by atoms with Crippen LogP contribution in [-0.2, 0) is 4.74 Å². The molecule has 0 amide bonds. The molecule has 0 aromatic rings. The van der Waals surface area contributed by atoms with Crippen LogP contribution in [0.4, 0.5) is 0 Å². The summed E-state index contributed by atoms with van der Waals surface area (Å²) in [5.41, 5.74) is 0.234. The van der Waals surface area contributed by atoms with Crippen LogP contribution in [0, 0.1) is 0 Å². The number of methoxy groups -OCH3 is 1. The highest BCUT2D eigenvalue weighted by molar-refractivity contribution is 7.96. The van der Waals surface area contributed by atoms with Gasteiger partial charge in [0.15, 0.2) is 0 Å². The summed E-state index contributed by atoms with van der Waals surface area (Å²) in [6.07, 6.45) is 2.10. The summed E-state index contributed by atoms with van der Waals surface area (Å²) >= 11 is 1.77. The molecule has 68 valence electrons. The standard InChI is InChI=1S/C8H19NOS/c1-8(2,3)9(11-5)6-7-10-4/h6-7H2,1-5H3. The molecule has 0 spiro atoms. The van der Waals surface area contributed by atoms with E-state index in [2.05, 4.69) is 31.3 Å². The second-order valence-electron chi connectivity index (χ2n) is 3.45. The molecule has 0 aliphatic rings. The minimum atomic E-state index is 0.234. The molecule has 0 radical (unpaired) electrons. The number of ether oxygens (including phenoxy) is 1. The Morgan fingerprint density at radius 3 is 2.18 bits per heavy atom. The van der Waals surface area contributed by atoms with Gasteiger partial charge in [-0.3, -0.25) is 0 Å². The van der Waals surface area contributed by atoms with Gasteiger partial charge in [-0.25, -0.2) is 4.31 Å². The van der Waals surface area contributed by atoms with Crippen LogP contribution >= 0.6 is 11.9 Å². The highest BCUT2D eigenvalue weighted by Crippen LogP contribution is 2.19. The third-order valence-electron chi connectivity index (χ3n) is 1.47. The molecule has 0 saturated carbocycles. The van der Waals surface area contributed by atoms with Gasteiger partial charge in [-0.15, -0.1) is 0 Å². The van der Waals surface area contributed by atoms with E-state index >= 15 is 0 Å². The highest BCUT2D eigenvalue weighted by atomic mass is 32.2. The van der Waals surface area contributed by atoms with Crippen molar-refractivity contribution in [3.05, 3.63) is 0 Å². The van der Waals surface area contributed by atoms with E-state index in [4.69, 9.17) is 4.74 Å². The maximum atomic E-state index is 5.01. The summed E-state index contributed by atoms with van der Waals surface area (Å²) in [6.45, 7) is 8.41. The zero-order valence-electron chi connectivity index (χ0n) is 8.18. The largest absolute Gasteiger partial charge is 0.383 e. The first kappa shape index (κ1) is 11.3. The first-order valence-corrected chi connectivity index (χ1v) is 5.01. The molecule has 0 fully saturated rings. The van der Waals surface area contributed by atoms with Gasteiger partial charge in [0, 0.05) is 19.2 Å². The summed E-state index contributed by atoms with van der Waals surface area (Å²) in [5, 5.41) is 0. The number of hydrogen-bond donors (Lipinski definition) is 0. The highest BCUT2D eigenvalue weighted by Gasteiger charge is 2.19. The zero-order valence-corrected chi connectivity index (χ0v) is 8.99. The van der Waals surface area contributed by atoms with Crippen LogP contribution in [0.25, 0.3) is 0 Å². The molecule has 0 N–H and O–H groups in total. The fourth-order valence-corrected chi connectivity index (χ4v) is 1.68. The molecular weight excluding hydrogens is 158 g/mol. The van der Waals surface area contributed by atoms with Gasteiger partial charge >= 0.3 is 0 Å². The van der Waals surface area contributed by atoms with Crippen molar-refractivity contribution in [2.24, 2.45) is 0 Å². The van der Waals surface area contributed by atoms with Gasteiger partial charge in [-0.1, -0.05) is 11.9 Å². The summed E-state index contributed by atoms with van der Waals surface area (Å²) in [7, 11) is 1.74. The summed E-state index contributed by atoms with van der Waals surface area (Å²) < 4.78 is 7.33. The Morgan fingerprint density at radius 1 is 1.36 bits per heavy atom. The maximum Gasteiger partial charge on any atom is 0.0599 e. The summed E-state index contributed by atoms with van der Waals surface area (Å²) in [5.74, 6) is 0. The van der Waals surface area contributed by atoms with Gasteiger partial charge < -0.3 is 4.74 Å². The normalized spacial score (nSPS) is 12.5. The van der Waals surface area contributed by atoms with Crippen LogP contribution in [0.2, 0.25) is 0 Å². The van der Waals surface area contributed by atoms with Gasteiger partial charge in [0.2, 0.25) is 0 Å².